The Morgan fingerprint density at radius 2 is 1.35 bits per heavy atom. The van der Waals surface area contributed by atoms with Crippen molar-refractivity contribution < 1.29 is 20.4 Å². The predicted octanol–water partition coefficient (Wildman–Crippen LogP) is 4.37. The number of aromatic hydroxyl groups is 4. The fraction of sp³-hybridized carbons (Fsp3) is 0.455. The second kappa shape index (κ2) is 5.32. The van der Waals surface area contributed by atoms with Crippen LogP contribution in [0.1, 0.15) is 49.1 Å². The SMILES string of the molecule is Oc1ccc(C2C3CC4CC(C3)CC2(c2ccc(O)cc2O)C4)c(O)c1. The molecule has 26 heavy (non-hydrogen) atoms. The van der Waals surface area contributed by atoms with Gasteiger partial charge in [-0.1, -0.05) is 12.1 Å². The van der Waals surface area contributed by atoms with Crippen LogP contribution < -0.4 is 0 Å². The van der Waals surface area contributed by atoms with Crippen molar-refractivity contribution in [2.24, 2.45) is 17.8 Å². The molecule has 4 heteroatoms. The Morgan fingerprint density at radius 1 is 0.731 bits per heavy atom. The molecule has 4 aliphatic rings. The summed E-state index contributed by atoms with van der Waals surface area (Å²) in [5.41, 5.74) is 1.55. The van der Waals surface area contributed by atoms with E-state index >= 15 is 0 Å². The number of phenols is 4. The average molecular weight is 352 g/mol. The minimum atomic E-state index is -0.221. The Labute approximate surface area is 152 Å². The maximum Gasteiger partial charge on any atom is 0.123 e. The highest BCUT2D eigenvalue weighted by atomic mass is 16.3. The van der Waals surface area contributed by atoms with Crippen molar-refractivity contribution in [1.29, 1.82) is 0 Å². The zero-order valence-electron chi connectivity index (χ0n) is 14.6. The van der Waals surface area contributed by atoms with Gasteiger partial charge >= 0.3 is 0 Å². The van der Waals surface area contributed by atoms with E-state index in [9.17, 15) is 20.4 Å². The van der Waals surface area contributed by atoms with E-state index in [0.717, 1.165) is 24.0 Å². The molecule has 0 amide bonds. The zero-order chi connectivity index (χ0) is 18.1. The highest BCUT2D eigenvalue weighted by Crippen LogP contribution is 2.68. The molecule has 4 N–H and O–H groups in total. The topological polar surface area (TPSA) is 80.9 Å². The molecule has 3 unspecified atom stereocenters. The summed E-state index contributed by atoms with van der Waals surface area (Å²) in [5, 5.41) is 40.7. The molecule has 4 aliphatic carbocycles. The molecular formula is C22H24O4. The lowest BCUT2D eigenvalue weighted by Gasteiger charge is -2.62. The summed E-state index contributed by atoms with van der Waals surface area (Å²) >= 11 is 0. The predicted molar refractivity (Wildman–Crippen MR) is 97.5 cm³/mol. The van der Waals surface area contributed by atoms with E-state index in [4.69, 9.17) is 0 Å². The van der Waals surface area contributed by atoms with E-state index in [0.29, 0.717) is 17.8 Å². The van der Waals surface area contributed by atoms with Gasteiger partial charge in [-0.2, -0.15) is 0 Å². The van der Waals surface area contributed by atoms with Crippen LogP contribution in [-0.2, 0) is 5.41 Å². The van der Waals surface area contributed by atoms with Gasteiger partial charge in [0.25, 0.3) is 0 Å². The Bertz CT molecular complexity index is 860. The van der Waals surface area contributed by atoms with Gasteiger partial charge in [-0.05, 0) is 67.6 Å². The monoisotopic (exact) mass is 352 g/mol. The lowest BCUT2D eigenvalue weighted by atomic mass is 9.42. The van der Waals surface area contributed by atoms with E-state index in [1.165, 1.54) is 31.4 Å². The summed E-state index contributed by atoms with van der Waals surface area (Å²) in [7, 11) is 0. The van der Waals surface area contributed by atoms with Crippen LogP contribution >= 0.6 is 0 Å². The molecule has 0 aromatic heterocycles. The Morgan fingerprint density at radius 3 is 1.96 bits per heavy atom. The third kappa shape index (κ3) is 2.14. The van der Waals surface area contributed by atoms with Crippen LogP contribution in [0.2, 0.25) is 0 Å². The van der Waals surface area contributed by atoms with Gasteiger partial charge in [0.15, 0.2) is 0 Å². The third-order valence-electron chi connectivity index (χ3n) is 7.18. The first-order chi connectivity index (χ1) is 12.5. The summed E-state index contributed by atoms with van der Waals surface area (Å²) in [6.45, 7) is 0. The lowest BCUT2D eigenvalue weighted by molar-refractivity contribution is -0.0296. The van der Waals surface area contributed by atoms with Gasteiger partial charge in [-0.15, -0.1) is 0 Å². The third-order valence-corrected chi connectivity index (χ3v) is 7.18. The van der Waals surface area contributed by atoms with Crippen molar-refractivity contribution in [3.63, 3.8) is 0 Å². The molecule has 4 nitrogen and oxygen atoms in total. The molecule has 0 spiro atoms. The van der Waals surface area contributed by atoms with Crippen LogP contribution in [0.3, 0.4) is 0 Å². The first kappa shape index (κ1) is 15.9. The highest BCUT2D eigenvalue weighted by Gasteiger charge is 2.59. The second-order valence-corrected chi connectivity index (χ2v) is 8.69. The molecule has 3 atom stereocenters. The minimum absolute atomic E-state index is 0.0663. The molecule has 4 bridgehead atoms. The first-order valence-electron chi connectivity index (χ1n) is 9.50. The van der Waals surface area contributed by atoms with Crippen LogP contribution in [0.5, 0.6) is 23.0 Å². The van der Waals surface area contributed by atoms with E-state index in [-0.39, 0.29) is 34.3 Å². The fourth-order valence-electron chi connectivity index (χ4n) is 6.72. The second-order valence-electron chi connectivity index (χ2n) is 8.69. The molecule has 0 saturated heterocycles. The maximum absolute atomic E-state index is 10.7. The molecule has 4 fully saturated rings. The number of phenolic OH excluding ortho intramolecular Hbond substituents is 4. The maximum atomic E-state index is 10.7. The normalized spacial score (nSPS) is 34.9. The fourth-order valence-corrected chi connectivity index (χ4v) is 6.72. The van der Waals surface area contributed by atoms with Gasteiger partial charge in [0.1, 0.15) is 23.0 Å². The summed E-state index contributed by atoms with van der Waals surface area (Å²) in [6.07, 6.45) is 5.61. The Kier molecular flexibility index (Phi) is 3.25. The summed E-state index contributed by atoms with van der Waals surface area (Å²) in [4.78, 5) is 0. The standard InChI is InChI=1S/C22H24O4/c23-15-1-3-17(19(25)8-15)21-14-6-12-5-13(7-14)11-22(21,10-12)18-4-2-16(24)9-20(18)26/h1-4,8-9,12-14,21,23-26H,5-7,10-11H2. The van der Waals surface area contributed by atoms with Crippen molar-refractivity contribution in [3.8, 4) is 23.0 Å². The molecule has 0 radical (unpaired) electrons. The quantitative estimate of drug-likeness (QED) is 0.647. The van der Waals surface area contributed by atoms with Gasteiger partial charge in [-0.25, -0.2) is 0 Å². The van der Waals surface area contributed by atoms with Crippen molar-refractivity contribution in [1.82, 2.24) is 0 Å². The first-order valence-corrected chi connectivity index (χ1v) is 9.50. The van der Waals surface area contributed by atoms with Gasteiger partial charge in [0.05, 0.1) is 0 Å². The van der Waals surface area contributed by atoms with Crippen LogP contribution in [0, 0.1) is 17.8 Å². The number of benzene rings is 2. The van der Waals surface area contributed by atoms with E-state index < -0.39 is 0 Å². The Hall–Kier alpha value is -2.36. The van der Waals surface area contributed by atoms with Gasteiger partial charge in [-0.3, -0.25) is 0 Å². The van der Waals surface area contributed by atoms with Crippen molar-refractivity contribution in [2.45, 2.75) is 43.4 Å². The zero-order valence-corrected chi connectivity index (χ0v) is 14.6. The van der Waals surface area contributed by atoms with Crippen LogP contribution in [-0.4, -0.2) is 20.4 Å². The molecule has 4 saturated carbocycles. The van der Waals surface area contributed by atoms with Crippen molar-refractivity contribution in [2.75, 3.05) is 0 Å². The lowest BCUT2D eigenvalue weighted by Crippen LogP contribution is -2.53. The summed E-state index contributed by atoms with van der Waals surface area (Å²) in [5.74, 6) is 2.34. The summed E-state index contributed by atoms with van der Waals surface area (Å²) < 4.78 is 0. The summed E-state index contributed by atoms with van der Waals surface area (Å²) in [6, 6.07) is 9.86. The van der Waals surface area contributed by atoms with Crippen LogP contribution in [0.15, 0.2) is 36.4 Å². The van der Waals surface area contributed by atoms with Crippen LogP contribution in [0.25, 0.3) is 0 Å². The molecular weight excluding hydrogens is 328 g/mol. The number of hydrogen-bond donors (Lipinski definition) is 4. The van der Waals surface area contributed by atoms with Gasteiger partial charge in [0.2, 0.25) is 0 Å². The van der Waals surface area contributed by atoms with E-state index in [1.807, 2.05) is 12.1 Å². The minimum Gasteiger partial charge on any atom is -0.508 e. The average Bonchev–Trinajstić information content (AvgIpc) is 2.55. The number of rotatable bonds is 2. The molecule has 136 valence electrons. The van der Waals surface area contributed by atoms with Crippen LogP contribution in [0.4, 0.5) is 0 Å². The van der Waals surface area contributed by atoms with Gasteiger partial charge < -0.3 is 20.4 Å². The molecule has 6 rings (SSSR count). The van der Waals surface area contributed by atoms with Crippen molar-refractivity contribution in [3.05, 3.63) is 47.5 Å². The molecule has 0 heterocycles. The number of hydrogen-bond acceptors (Lipinski definition) is 4. The van der Waals surface area contributed by atoms with E-state index in [2.05, 4.69) is 0 Å². The highest BCUT2D eigenvalue weighted by molar-refractivity contribution is 5.51. The molecule has 2 aromatic carbocycles. The largest absolute Gasteiger partial charge is 0.508 e. The van der Waals surface area contributed by atoms with Gasteiger partial charge in [0, 0.05) is 29.0 Å². The molecule has 2 aromatic rings. The smallest absolute Gasteiger partial charge is 0.123 e. The molecule has 0 aliphatic heterocycles. The van der Waals surface area contributed by atoms with Crippen molar-refractivity contribution >= 4 is 0 Å². The Balaban J connectivity index is 1.71. The van der Waals surface area contributed by atoms with E-state index in [1.54, 1.807) is 12.1 Å².